The van der Waals surface area contributed by atoms with Gasteiger partial charge in [0.15, 0.2) is 0 Å². The summed E-state index contributed by atoms with van der Waals surface area (Å²) in [7, 11) is 0. The molecule has 4 heteroatoms. The quantitative estimate of drug-likeness (QED) is 0.345. The Bertz CT molecular complexity index is 175. The zero-order valence-electron chi connectivity index (χ0n) is 6.68. The number of carbonyl (C=O) groups is 2. The molecule has 0 atom stereocenters. The first-order valence-electron chi connectivity index (χ1n) is 3.38. The monoisotopic (exact) mass is 156 g/mol. The summed E-state index contributed by atoms with van der Waals surface area (Å²) in [5, 5.41) is 0. The predicted molar refractivity (Wildman–Crippen MR) is 41.4 cm³/mol. The van der Waals surface area contributed by atoms with E-state index in [9.17, 15) is 9.59 Å². The molecule has 0 aliphatic carbocycles. The lowest BCUT2D eigenvalue weighted by atomic mass is 10.2. The van der Waals surface area contributed by atoms with Gasteiger partial charge in [-0.3, -0.25) is 20.4 Å². The fourth-order valence-electron chi connectivity index (χ4n) is 0.592. The molecule has 4 nitrogen and oxygen atoms in total. The van der Waals surface area contributed by atoms with Gasteiger partial charge in [0.05, 0.1) is 0 Å². The van der Waals surface area contributed by atoms with Crippen LogP contribution in [-0.4, -0.2) is 12.3 Å². The summed E-state index contributed by atoms with van der Waals surface area (Å²) in [4.78, 5) is 20.6. The minimum atomic E-state index is -0.279. The van der Waals surface area contributed by atoms with Crippen molar-refractivity contribution >= 4 is 12.3 Å². The van der Waals surface area contributed by atoms with Gasteiger partial charge in [0.2, 0.25) is 6.41 Å². The van der Waals surface area contributed by atoms with Crippen molar-refractivity contribution in [1.29, 1.82) is 0 Å². The molecule has 0 rings (SSSR count). The molecule has 0 bridgehead atoms. The van der Waals surface area contributed by atoms with Gasteiger partial charge in [-0.15, -0.1) is 0 Å². The van der Waals surface area contributed by atoms with Crippen LogP contribution >= 0.6 is 0 Å². The number of nitrogens with one attached hydrogen (secondary N) is 2. The van der Waals surface area contributed by atoms with Crippen molar-refractivity contribution in [2.24, 2.45) is 0 Å². The SMILES string of the molecule is CC/C=C(/C)C(=O)NNC=O. The highest BCUT2D eigenvalue weighted by atomic mass is 16.2. The van der Waals surface area contributed by atoms with Gasteiger partial charge < -0.3 is 0 Å². The molecule has 0 saturated heterocycles. The maximum atomic E-state index is 10.9. The van der Waals surface area contributed by atoms with Crippen molar-refractivity contribution in [3.63, 3.8) is 0 Å². The highest BCUT2D eigenvalue weighted by Gasteiger charge is 1.99. The molecular weight excluding hydrogens is 144 g/mol. The Balaban J connectivity index is 3.82. The van der Waals surface area contributed by atoms with E-state index in [1.165, 1.54) is 0 Å². The van der Waals surface area contributed by atoms with Gasteiger partial charge in [0.25, 0.3) is 5.91 Å². The summed E-state index contributed by atoms with van der Waals surface area (Å²) < 4.78 is 0. The Morgan fingerprint density at radius 3 is 2.64 bits per heavy atom. The van der Waals surface area contributed by atoms with Crippen LogP contribution < -0.4 is 10.9 Å². The van der Waals surface area contributed by atoms with Gasteiger partial charge in [-0.25, -0.2) is 0 Å². The van der Waals surface area contributed by atoms with Crippen LogP contribution in [0.3, 0.4) is 0 Å². The first kappa shape index (κ1) is 9.68. The van der Waals surface area contributed by atoms with E-state index in [2.05, 4.69) is 10.9 Å². The van der Waals surface area contributed by atoms with Gasteiger partial charge in [-0.05, 0) is 13.3 Å². The molecule has 0 aliphatic heterocycles. The summed E-state index contributed by atoms with van der Waals surface area (Å²) in [5.41, 5.74) is 4.86. The molecule has 0 heterocycles. The molecule has 0 unspecified atom stereocenters. The number of rotatable bonds is 4. The summed E-state index contributed by atoms with van der Waals surface area (Å²) in [6, 6.07) is 0. The van der Waals surface area contributed by atoms with E-state index in [4.69, 9.17) is 0 Å². The maximum absolute atomic E-state index is 10.9. The Labute approximate surface area is 65.6 Å². The minimum Gasteiger partial charge on any atom is -0.277 e. The number of carbonyl (C=O) groups excluding carboxylic acids is 2. The standard InChI is InChI=1S/C7H12N2O2/c1-3-4-6(2)7(11)9-8-5-10/h4-5H,3H2,1-2H3,(H,8,10)(H,9,11)/b6-4-. The van der Waals surface area contributed by atoms with Gasteiger partial charge >= 0.3 is 0 Å². The molecule has 62 valence electrons. The second-order valence-electron chi connectivity index (χ2n) is 2.01. The average Bonchev–Trinajstić information content (AvgIpc) is 2.00. The zero-order chi connectivity index (χ0) is 8.69. The molecule has 2 amide bonds. The van der Waals surface area contributed by atoms with Crippen molar-refractivity contribution in [2.75, 3.05) is 0 Å². The van der Waals surface area contributed by atoms with E-state index in [0.717, 1.165) is 6.42 Å². The number of hydrazine groups is 1. The predicted octanol–water partition coefficient (Wildman–Crippen LogP) is 0.120. The third kappa shape index (κ3) is 4.13. The minimum absolute atomic E-state index is 0.279. The van der Waals surface area contributed by atoms with E-state index < -0.39 is 0 Å². The lowest BCUT2D eigenvalue weighted by molar-refractivity contribution is -0.121. The molecule has 0 saturated carbocycles. The fraction of sp³-hybridized carbons (Fsp3) is 0.429. The van der Waals surface area contributed by atoms with Crippen LogP contribution in [0.1, 0.15) is 20.3 Å². The Morgan fingerprint density at radius 1 is 1.55 bits per heavy atom. The lowest BCUT2D eigenvalue weighted by Gasteiger charge is -2.01. The number of hydrogen-bond acceptors (Lipinski definition) is 2. The normalized spacial score (nSPS) is 10.5. The number of amides is 2. The molecule has 0 aromatic rings. The van der Waals surface area contributed by atoms with E-state index in [-0.39, 0.29) is 5.91 Å². The summed E-state index contributed by atoms with van der Waals surface area (Å²) >= 11 is 0. The van der Waals surface area contributed by atoms with E-state index in [1.54, 1.807) is 13.0 Å². The van der Waals surface area contributed by atoms with E-state index in [0.29, 0.717) is 12.0 Å². The molecule has 2 N–H and O–H groups in total. The topological polar surface area (TPSA) is 58.2 Å². The number of allylic oxidation sites excluding steroid dienone is 1. The van der Waals surface area contributed by atoms with E-state index in [1.807, 2.05) is 6.92 Å². The van der Waals surface area contributed by atoms with Crippen molar-refractivity contribution in [3.8, 4) is 0 Å². The van der Waals surface area contributed by atoms with Crippen molar-refractivity contribution in [1.82, 2.24) is 10.9 Å². The highest BCUT2D eigenvalue weighted by molar-refractivity contribution is 5.92. The van der Waals surface area contributed by atoms with Crippen LogP contribution in [0.25, 0.3) is 0 Å². The molecule has 0 aromatic heterocycles. The largest absolute Gasteiger partial charge is 0.277 e. The summed E-state index contributed by atoms with van der Waals surface area (Å²) in [6.07, 6.45) is 3.00. The summed E-state index contributed by atoms with van der Waals surface area (Å²) in [5.74, 6) is -0.279. The lowest BCUT2D eigenvalue weighted by Crippen LogP contribution is -2.36. The number of hydrogen-bond donors (Lipinski definition) is 2. The maximum Gasteiger partial charge on any atom is 0.264 e. The van der Waals surface area contributed by atoms with Crippen LogP contribution in [-0.2, 0) is 9.59 Å². The molecule has 0 aliphatic rings. The highest BCUT2D eigenvalue weighted by Crippen LogP contribution is 1.92. The van der Waals surface area contributed by atoms with Gasteiger partial charge in [0, 0.05) is 5.57 Å². The van der Waals surface area contributed by atoms with Crippen LogP contribution in [0, 0.1) is 0 Å². The first-order valence-corrected chi connectivity index (χ1v) is 3.38. The van der Waals surface area contributed by atoms with Crippen LogP contribution in [0.2, 0.25) is 0 Å². The Morgan fingerprint density at radius 2 is 2.18 bits per heavy atom. The van der Waals surface area contributed by atoms with E-state index >= 15 is 0 Å². The Hall–Kier alpha value is -1.32. The van der Waals surface area contributed by atoms with Crippen LogP contribution in [0.15, 0.2) is 11.6 Å². The first-order chi connectivity index (χ1) is 5.22. The third-order valence-electron chi connectivity index (χ3n) is 1.11. The Kier molecular flexibility index (Phi) is 4.81. The molecule has 0 aromatic carbocycles. The van der Waals surface area contributed by atoms with Crippen LogP contribution in [0.5, 0.6) is 0 Å². The third-order valence-corrected chi connectivity index (χ3v) is 1.11. The molecular formula is C7H12N2O2. The average molecular weight is 156 g/mol. The van der Waals surface area contributed by atoms with Crippen molar-refractivity contribution in [2.45, 2.75) is 20.3 Å². The second-order valence-corrected chi connectivity index (χ2v) is 2.01. The fourth-order valence-corrected chi connectivity index (χ4v) is 0.592. The van der Waals surface area contributed by atoms with Crippen molar-refractivity contribution < 1.29 is 9.59 Å². The molecule has 0 radical (unpaired) electrons. The molecule has 0 spiro atoms. The van der Waals surface area contributed by atoms with Crippen LogP contribution in [0.4, 0.5) is 0 Å². The molecule has 0 fully saturated rings. The van der Waals surface area contributed by atoms with Gasteiger partial charge in [-0.1, -0.05) is 13.0 Å². The second kappa shape index (κ2) is 5.46. The summed E-state index contributed by atoms with van der Waals surface area (Å²) in [6.45, 7) is 3.62. The smallest absolute Gasteiger partial charge is 0.264 e. The van der Waals surface area contributed by atoms with Gasteiger partial charge in [-0.2, -0.15) is 0 Å². The zero-order valence-corrected chi connectivity index (χ0v) is 6.68. The molecule has 11 heavy (non-hydrogen) atoms. The van der Waals surface area contributed by atoms with Crippen molar-refractivity contribution in [3.05, 3.63) is 11.6 Å². The van der Waals surface area contributed by atoms with Gasteiger partial charge in [0.1, 0.15) is 0 Å².